The lowest BCUT2D eigenvalue weighted by atomic mass is 10.1. The summed E-state index contributed by atoms with van der Waals surface area (Å²) in [4.78, 5) is 8.67. The number of benzene rings is 1. The lowest BCUT2D eigenvalue weighted by Gasteiger charge is -2.12. The molecule has 0 saturated carbocycles. The Morgan fingerprint density at radius 3 is 2.39 bits per heavy atom. The summed E-state index contributed by atoms with van der Waals surface area (Å²) in [6.45, 7) is 4.25. The summed E-state index contributed by atoms with van der Waals surface area (Å²) in [6, 6.07) is 8.07. The number of hydrogen-bond acceptors (Lipinski definition) is 3. The monoisotopic (exact) mass is 305 g/mol. The molecule has 94 valence electrons. The van der Waals surface area contributed by atoms with Crippen molar-refractivity contribution in [2.24, 2.45) is 0 Å². The van der Waals surface area contributed by atoms with Crippen LogP contribution in [0.4, 0.5) is 11.5 Å². The van der Waals surface area contributed by atoms with Crippen LogP contribution in [0.3, 0.4) is 0 Å². The lowest BCUT2D eigenvalue weighted by Crippen LogP contribution is -2.04. The van der Waals surface area contributed by atoms with Gasteiger partial charge in [0.05, 0.1) is 0 Å². The Morgan fingerprint density at radius 2 is 1.78 bits per heavy atom. The average Bonchev–Trinajstić information content (AvgIpc) is 2.41. The second-order valence-electron chi connectivity index (χ2n) is 3.99. The molecule has 0 atom stereocenters. The summed E-state index contributed by atoms with van der Waals surface area (Å²) in [5.41, 5.74) is 3.35. The molecule has 0 aliphatic rings. The van der Waals surface area contributed by atoms with Crippen LogP contribution in [-0.4, -0.2) is 9.97 Å². The first kappa shape index (κ1) is 13.0. The van der Waals surface area contributed by atoms with Gasteiger partial charge in [0.25, 0.3) is 0 Å². The number of rotatable bonds is 4. The van der Waals surface area contributed by atoms with Crippen molar-refractivity contribution in [3.05, 3.63) is 46.3 Å². The van der Waals surface area contributed by atoms with Crippen LogP contribution in [0, 0.1) is 0 Å². The van der Waals surface area contributed by atoms with E-state index in [0.717, 1.165) is 34.5 Å². The number of hydrogen-bond donors (Lipinski definition) is 1. The van der Waals surface area contributed by atoms with E-state index in [1.54, 1.807) is 6.33 Å². The molecule has 1 N–H and O–H groups in total. The van der Waals surface area contributed by atoms with Crippen LogP contribution in [0.15, 0.2) is 35.1 Å². The average molecular weight is 306 g/mol. The molecule has 0 spiro atoms. The van der Waals surface area contributed by atoms with Crippen molar-refractivity contribution in [2.75, 3.05) is 5.32 Å². The van der Waals surface area contributed by atoms with E-state index in [-0.39, 0.29) is 0 Å². The Labute approximate surface area is 116 Å². The van der Waals surface area contributed by atoms with Crippen LogP contribution in [0.25, 0.3) is 0 Å². The highest BCUT2D eigenvalue weighted by molar-refractivity contribution is 9.10. The molecule has 2 aromatic rings. The highest BCUT2D eigenvalue weighted by atomic mass is 79.9. The van der Waals surface area contributed by atoms with Gasteiger partial charge in [0.1, 0.15) is 12.1 Å². The first-order chi connectivity index (χ1) is 8.74. The largest absolute Gasteiger partial charge is 0.340 e. The number of aromatic nitrogens is 2. The molecular weight excluding hydrogens is 290 g/mol. The summed E-state index contributed by atoms with van der Waals surface area (Å²) < 4.78 is 1.07. The zero-order chi connectivity index (χ0) is 13.0. The van der Waals surface area contributed by atoms with E-state index in [9.17, 15) is 0 Å². The SMILES string of the molecule is CCc1ncnc(Nc2ccc(Br)cc2)c1CC. The van der Waals surface area contributed by atoms with Gasteiger partial charge in [0.15, 0.2) is 0 Å². The van der Waals surface area contributed by atoms with E-state index in [2.05, 4.69) is 45.1 Å². The fourth-order valence-corrected chi connectivity index (χ4v) is 2.17. The molecule has 0 amide bonds. The van der Waals surface area contributed by atoms with Crippen molar-refractivity contribution in [3.8, 4) is 0 Å². The van der Waals surface area contributed by atoms with Crippen LogP contribution < -0.4 is 5.32 Å². The van der Waals surface area contributed by atoms with Crippen LogP contribution in [0.5, 0.6) is 0 Å². The second kappa shape index (κ2) is 5.96. The third kappa shape index (κ3) is 2.88. The van der Waals surface area contributed by atoms with Crippen LogP contribution in [0.2, 0.25) is 0 Å². The van der Waals surface area contributed by atoms with Crippen LogP contribution in [-0.2, 0) is 12.8 Å². The molecule has 0 unspecified atom stereocenters. The van der Waals surface area contributed by atoms with E-state index in [0.29, 0.717) is 0 Å². The zero-order valence-corrected chi connectivity index (χ0v) is 12.2. The van der Waals surface area contributed by atoms with E-state index in [4.69, 9.17) is 0 Å². The first-order valence-electron chi connectivity index (χ1n) is 6.10. The molecule has 18 heavy (non-hydrogen) atoms. The molecule has 4 heteroatoms. The standard InChI is InChI=1S/C14H16BrN3/c1-3-12-13(4-2)16-9-17-14(12)18-11-7-5-10(15)6-8-11/h5-9H,3-4H2,1-2H3,(H,16,17,18). The van der Waals surface area contributed by atoms with Crippen molar-refractivity contribution in [2.45, 2.75) is 26.7 Å². The molecule has 3 nitrogen and oxygen atoms in total. The van der Waals surface area contributed by atoms with Gasteiger partial charge in [-0.3, -0.25) is 0 Å². The number of aryl methyl sites for hydroxylation is 1. The number of halogens is 1. The van der Waals surface area contributed by atoms with Gasteiger partial charge < -0.3 is 5.32 Å². The van der Waals surface area contributed by atoms with Gasteiger partial charge in [-0.2, -0.15) is 0 Å². The molecule has 1 heterocycles. The van der Waals surface area contributed by atoms with Crippen molar-refractivity contribution in [3.63, 3.8) is 0 Å². The highest BCUT2D eigenvalue weighted by Crippen LogP contribution is 2.22. The molecular formula is C14H16BrN3. The summed E-state index contributed by atoms with van der Waals surface area (Å²) in [5, 5.41) is 3.35. The van der Waals surface area contributed by atoms with Gasteiger partial charge in [-0.25, -0.2) is 9.97 Å². The van der Waals surface area contributed by atoms with Crippen molar-refractivity contribution >= 4 is 27.4 Å². The zero-order valence-electron chi connectivity index (χ0n) is 10.6. The Bertz CT molecular complexity index is 523. The predicted octanol–water partition coefficient (Wildman–Crippen LogP) is 4.11. The van der Waals surface area contributed by atoms with Gasteiger partial charge in [0.2, 0.25) is 0 Å². The fourth-order valence-electron chi connectivity index (χ4n) is 1.90. The van der Waals surface area contributed by atoms with Gasteiger partial charge in [-0.1, -0.05) is 29.8 Å². The van der Waals surface area contributed by atoms with Crippen molar-refractivity contribution < 1.29 is 0 Å². The molecule has 0 saturated heterocycles. The maximum Gasteiger partial charge on any atom is 0.137 e. The summed E-state index contributed by atoms with van der Waals surface area (Å²) in [7, 11) is 0. The maximum atomic E-state index is 4.34. The summed E-state index contributed by atoms with van der Waals surface area (Å²) >= 11 is 3.43. The minimum atomic E-state index is 0.909. The Kier molecular flexibility index (Phi) is 4.31. The molecule has 0 aliphatic heterocycles. The van der Waals surface area contributed by atoms with Gasteiger partial charge >= 0.3 is 0 Å². The summed E-state index contributed by atoms with van der Waals surface area (Å²) in [6.07, 6.45) is 3.49. The van der Waals surface area contributed by atoms with Crippen LogP contribution in [0.1, 0.15) is 25.1 Å². The van der Waals surface area contributed by atoms with Gasteiger partial charge in [-0.05, 0) is 37.1 Å². The van der Waals surface area contributed by atoms with Crippen molar-refractivity contribution in [1.29, 1.82) is 0 Å². The van der Waals surface area contributed by atoms with E-state index in [1.807, 2.05) is 24.3 Å². The molecule has 0 fully saturated rings. The molecule has 0 aliphatic carbocycles. The quantitative estimate of drug-likeness (QED) is 0.924. The lowest BCUT2D eigenvalue weighted by molar-refractivity contribution is 0.934. The molecule has 0 radical (unpaired) electrons. The molecule has 1 aromatic heterocycles. The number of nitrogens with zero attached hydrogens (tertiary/aromatic N) is 2. The minimum Gasteiger partial charge on any atom is -0.340 e. The molecule has 1 aromatic carbocycles. The summed E-state index contributed by atoms with van der Waals surface area (Å²) in [5.74, 6) is 0.909. The second-order valence-corrected chi connectivity index (χ2v) is 4.90. The topological polar surface area (TPSA) is 37.8 Å². The Balaban J connectivity index is 2.31. The van der Waals surface area contributed by atoms with Crippen LogP contribution >= 0.6 is 15.9 Å². The fraction of sp³-hybridized carbons (Fsp3) is 0.286. The first-order valence-corrected chi connectivity index (χ1v) is 6.89. The molecule has 0 bridgehead atoms. The number of nitrogens with one attached hydrogen (secondary N) is 1. The van der Waals surface area contributed by atoms with Gasteiger partial charge in [-0.15, -0.1) is 0 Å². The molecule has 2 rings (SSSR count). The number of anilines is 2. The third-order valence-corrected chi connectivity index (χ3v) is 3.36. The Hall–Kier alpha value is -1.42. The normalized spacial score (nSPS) is 10.4. The van der Waals surface area contributed by atoms with E-state index >= 15 is 0 Å². The van der Waals surface area contributed by atoms with Crippen molar-refractivity contribution in [1.82, 2.24) is 9.97 Å². The van der Waals surface area contributed by atoms with E-state index < -0.39 is 0 Å². The minimum absolute atomic E-state index is 0.909. The smallest absolute Gasteiger partial charge is 0.137 e. The maximum absolute atomic E-state index is 4.34. The third-order valence-electron chi connectivity index (χ3n) is 2.83. The Morgan fingerprint density at radius 1 is 1.06 bits per heavy atom. The highest BCUT2D eigenvalue weighted by Gasteiger charge is 2.08. The van der Waals surface area contributed by atoms with Gasteiger partial charge in [0, 0.05) is 21.4 Å². The van der Waals surface area contributed by atoms with E-state index in [1.165, 1.54) is 5.56 Å². The predicted molar refractivity (Wildman–Crippen MR) is 78.2 cm³/mol.